The van der Waals surface area contributed by atoms with E-state index in [4.69, 9.17) is 0 Å². The zero-order valence-corrected chi connectivity index (χ0v) is 14.5. The second kappa shape index (κ2) is 7.36. The maximum Gasteiger partial charge on any atom is 0.271 e. The molecule has 0 fully saturated rings. The number of carbonyl (C=O) groups is 1. The summed E-state index contributed by atoms with van der Waals surface area (Å²) in [6.45, 7) is 0.563. The highest BCUT2D eigenvalue weighted by atomic mass is 32.2. The van der Waals surface area contributed by atoms with Crippen LogP contribution < -0.4 is 0 Å². The van der Waals surface area contributed by atoms with Crippen LogP contribution in [0, 0.1) is 0 Å². The van der Waals surface area contributed by atoms with E-state index in [2.05, 4.69) is 34.5 Å². The van der Waals surface area contributed by atoms with E-state index in [0.29, 0.717) is 12.2 Å². The Morgan fingerprint density at radius 3 is 2.50 bits per heavy atom. The number of hydrogen-bond donors (Lipinski definition) is 1. The molecule has 1 heterocycles. The van der Waals surface area contributed by atoms with Crippen LogP contribution in [0.25, 0.3) is 11.3 Å². The molecular formula is C19H19N3OS. The summed E-state index contributed by atoms with van der Waals surface area (Å²) in [6.07, 6.45) is 2.05. The first-order valence-electron chi connectivity index (χ1n) is 7.66. The Labute approximate surface area is 145 Å². The van der Waals surface area contributed by atoms with Crippen LogP contribution in [-0.2, 0) is 6.54 Å². The number of nitrogens with zero attached hydrogens (tertiary/aromatic N) is 2. The fourth-order valence-corrected chi connectivity index (χ4v) is 2.88. The average molecular weight is 337 g/mol. The van der Waals surface area contributed by atoms with Gasteiger partial charge in [-0.05, 0) is 30.0 Å². The first-order chi connectivity index (χ1) is 11.7. The quantitative estimate of drug-likeness (QED) is 0.714. The van der Waals surface area contributed by atoms with E-state index < -0.39 is 0 Å². The van der Waals surface area contributed by atoms with Gasteiger partial charge in [0.25, 0.3) is 5.91 Å². The van der Waals surface area contributed by atoms with Gasteiger partial charge in [0.05, 0.1) is 5.69 Å². The molecule has 0 saturated heterocycles. The topological polar surface area (TPSA) is 49.0 Å². The Bertz CT molecular complexity index is 812. The number of hydrogen-bond acceptors (Lipinski definition) is 3. The van der Waals surface area contributed by atoms with Crippen LogP contribution >= 0.6 is 11.8 Å². The number of rotatable bonds is 5. The molecule has 0 spiro atoms. The smallest absolute Gasteiger partial charge is 0.271 e. The number of thioether (sulfide) groups is 1. The first kappa shape index (κ1) is 16.3. The minimum absolute atomic E-state index is 0.0707. The third-order valence-corrected chi connectivity index (χ3v) is 4.55. The van der Waals surface area contributed by atoms with Crippen LogP contribution in [0.3, 0.4) is 0 Å². The zero-order chi connectivity index (χ0) is 16.9. The van der Waals surface area contributed by atoms with E-state index in [0.717, 1.165) is 16.8 Å². The van der Waals surface area contributed by atoms with Gasteiger partial charge in [-0.25, -0.2) is 0 Å². The van der Waals surface area contributed by atoms with Crippen molar-refractivity contribution in [2.24, 2.45) is 0 Å². The Morgan fingerprint density at radius 2 is 1.83 bits per heavy atom. The molecule has 0 saturated carbocycles. The minimum Gasteiger partial charge on any atom is -0.336 e. The monoisotopic (exact) mass is 337 g/mol. The molecule has 24 heavy (non-hydrogen) atoms. The fraction of sp³-hybridized carbons (Fsp3) is 0.158. The summed E-state index contributed by atoms with van der Waals surface area (Å²) in [5, 5.41) is 7.09. The molecule has 0 radical (unpaired) electrons. The Hall–Kier alpha value is -2.53. The van der Waals surface area contributed by atoms with Gasteiger partial charge >= 0.3 is 0 Å². The van der Waals surface area contributed by atoms with Gasteiger partial charge in [-0.15, -0.1) is 11.8 Å². The van der Waals surface area contributed by atoms with Gasteiger partial charge in [-0.1, -0.05) is 42.5 Å². The largest absolute Gasteiger partial charge is 0.336 e. The highest BCUT2D eigenvalue weighted by Gasteiger charge is 2.15. The van der Waals surface area contributed by atoms with Crippen molar-refractivity contribution in [2.75, 3.05) is 13.3 Å². The molecule has 5 heteroatoms. The van der Waals surface area contributed by atoms with Crippen molar-refractivity contribution in [3.63, 3.8) is 0 Å². The van der Waals surface area contributed by atoms with Crippen LogP contribution in [0.4, 0.5) is 0 Å². The Balaban J connectivity index is 1.70. The maximum atomic E-state index is 12.6. The Kier molecular flexibility index (Phi) is 5.01. The molecule has 0 aliphatic heterocycles. The number of nitrogens with one attached hydrogen (secondary N) is 1. The SMILES string of the molecule is CSc1ccc(CN(C)C(=O)c2cc(-c3ccccc3)n[nH]2)cc1. The Morgan fingerprint density at radius 1 is 1.12 bits per heavy atom. The maximum absolute atomic E-state index is 12.6. The molecule has 1 aromatic heterocycles. The summed E-state index contributed by atoms with van der Waals surface area (Å²) < 4.78 is 0. The highest BCUT2D eigenvalue weighted by Crippen LogP contribution is 2.19. The van der Waals surface area contributed by atoms with Gasteiger partial charge in [0, 0.05) is 24.1 Å². The second-order valence-electron chi connectivity index (χ2n) is 5.54. The highest BCUT2D eigenvalue weighted by molar-refractivity contribution is 7.98. The summed E-state index contributed by atoms with van der Waals surface area (Å²) >= 11 is 1.71. The van der Waals surface area contributed by atoms with Crippen LogP contribution in [0.2, 0.25) is 0 Å². The van der Waals surface area contributed by atoms with E-state index in [1.807, 2.05) is 36.6 Å². The average Bonchev–Trinajstić information content (AvgIpc) is 3.12. The number of H-pyrrole nitrogens is 1. The molecule has 1 amide bonds. The summed E-state index contributed by atoms with van der Waals surface area (Å²) in [5.74, 6) is -0.0707. The van der Waals surface area contributed by atoms with Crippen LogP contribution in [-0.4, -0.2) is 34.3 Å². The number of aromatic nitrogens is 2. The van der Waals surface area contributed by atoms with E-state index in [-0.39, 0.29) is 5.91 Å². The number of amides is 1. The lowest BCUT2D eigenvalue weighted by atomic mass is 10.1. The number of carbonyl (C=O) groups excluding carboxylic acids is 1. The van der Waals surface area contributed by atoms with Gasteiger partial charge in [0.1, 0.15) is 5.69 Å². The lowest BCUT2D eigenvalue weighted by Gasteiger charge is -2.16. The predicted octanol–water partition coefficient (Wildman–Crippen LogP) is 4.07. The second-order valence-corrected chi connectivity index (χ2v) is 6.42. The minimum atomic E-state index is -0.0707. The number of benzene rings is 2. The first-order valence-corrected chi connectivity index (χ1v) is 8.89. The van der Waals surface area contributed by atoms with Crippen molar-refractivity contribution in [3.05, 3.63) is 71.9 Å². The van der Waals surface area contributed by atoms with Crippen LogP contribution in [0.1, 0.15) is 16.1 Å². The molecular weight excluding hydrogens is 318 g/mol. The molecule has 1 N–H and O–H groups in total. The predicted molar refractivity (Wildman–Crippen MR) is 98.0 cm³/mol. The zero-order valence-electron chi connectivity index (χ0n) is 13.7. The van der Waals surface area contributed by atoms with E-state index in [1.54, 1.807) is 29.8 Å². The molecule has 0 bridgehead atoms. The lowest BCUT2D eigenvalue weighted by Crippen LogP contribution is -2.26. The van der Waals surface area contributed by atoms with Crippen molar-refractivity contribution >= 4 is 17.7 Å². The summed E-state index contributed by atoms with van der Waals surface area (Å²) in [6, 6.07) is 19.9. The van der Waals surface area contributed by atoms with Gasteiger partial charge in [-0.3, -0.25) is 9.89 Å². The normalized spacial score (nSPS) is 10.6. The van der Waals surface area contributed by atoms with E-state index in [9.17, 15) is 4.79 Å². The molecule has 0 unspecified atom stereocenters. The van der Waals surface area contributed by atoms with Crippen molar-refractivity contribution < 1.29 is 4.79 Å². The van der Waals surface area contributed by atoms with Gasteiger partial charge in [0.15, 0.2) is 0 Å². The van der Waals surface area contributed by atoms with Crippen molar-refractivity contribution in [3.8, 4) is 11.3 Å². The van der Waals surface area contributed by atoms with Gasteiger partial charge in [-0.2, -0.15) is 5.10 Å². The molecule has 0 aliphatic rings. The molecule has 122 valence electrons. The summed E-state index contributed by atoms with van der Waals surface area (Å²) in [7, 11) is 1.80. The lowest BCUT2D eigenvalue weighted by molar-refractivity contribution is 0.0779. The van der Waals surface area contributed by atoms with Crippen LogP contribution in [0.5, 0.6) is 0 Å². The molecule has 0 aliphatic carbocycles. The fourth-order valence-electron chi connectivity index (χ4n) is 2.47. The van der Waals surface area contributed by atoms with Gasteiger partial charge < -0.3 is 4.90 Å². The van der Waals surface area contributed by atoms with Crippen molar-refractivity contribution in [1.82, 2.24) is 15.1 Å². The summed E-state index contributed by atoms with van der Waals surface area (Å²) in [4.78, 5) is 15.5. The molecule has 4 nitrogen and oxygen atoms in total. The standard InChI is InChI=1S/C19H19N3OS/c1-22(13-14-8-10-16(24-2)11-9-14)19(23)18-12-17(20-21-18)15-6-4-3-5-7-15/h3-12H,13H2,1-2H3,(H,20,21). The van der Waals surface area contributed by atoms with Gasteiger partial charge in [0.2, 0.25) is 0 Å². The van der Waals surface area contributed by atoms with Crippen molar-refractivity contribution in [2.45, 2.75) is 11.4 Å². The van der Waals surface area contributed by atoms with E-state index in [1.165, 1.54) is 4.90 Å². The third kappa shape index (κ3) is 3.68. The summed E-state index contributed by atoms with van der Waals surface area (Å²) in [5.41, 5.74) is 3.36. The van der Waals surface area contributed by atoms with Crippen molar-refractivity contribution in [1.29, 1.82) is 0 Å². The van der Waals surface area contributed by atoms with Crippen LogP contribution in [0.15, 0.2) is 65.6 Å². The molecule has 0 atom stereocenters. The van der Waals surface area contributed by atoms with E-state index >= 15 is 0 Å². The molecule has 2 aromatic carbocycles. The number of aromatic amines is 1. The molecule has 3 aromatic rings. The molecule has 3 rings (SSSR count). The third-order valence-electron chi connectivity index (χ3n) is 3.80.